The number of nitrogens with one attached hydrogen (secondary N) is 3. The SMILES string of the molecule is CCc1nc(CCNC(=NC)NCC2CC(=O)Nc3ccccc32)cs1. The van der Waals surface area contributed by atoms with Crippen LogP contribution in [0.3, 0.4) is 0 Å². The molecule has 26 heavy (non-hydrogen) atoms. The number of thiazole rings is 1. The number of para-hydroxylation sites is 1. The van der Waals surface area contributed by atoms with Gasteiger partial charge in [-0.25, -0.2) is 4.98 Å². The Morgan fingerprint density at radius 2 is 2.23 bits per heavy atom. The summed E-state index contributed by atoms with van der Waals surface area (Å²) in [6, 6.07) is 7.97. The molecule has 1 aliphatic rings. The Morgan fingerprint density at radius 1 is 1.38 bits per heavy atom. The van der Waals surface area contributed by atoms with E-state index in [0.29, 0.717) is 13.0 Å². The number of aromatic nitrogens is 1. The van der Waals surface area contributed by atoms with Gasteiger partial charge in [0.25, 0.3) is 0 Å². The van der Waals surface area contributed by atoms with E-state index in [-0.39, 0.29) is 11.8 Å². The van der Waals surface area contributed by atoms with Crippen LogP contribution in [0.1, 0.15) is 35.5 Å². The summed E-state index contributed by atoms with van der Waals surface area (Å²) in [4.78, 5) is 20.8. The molecule has 0 radical (unpaired) electrons. The van der Waals surface area contributed by atoms with E-state index < -0.39 is 0 Å². The Bertz CT molecular complexity index is 786. The summed E-state index contributed by atoms with van der Waals surface area (Å²) in [5.74, 6) is 0.956. The highest BCUT2D eigenvalue weighted by molar-refractivity contribution is 7.09. The van der Waals surface area contributed by atoms with Gasteiger partial charge in [-0.1, -0.05) is 25.1 Å². The highest BCUT2D eigenvalue weighted by atomic mass is 32.1. The smallest absolute Gasteiger partial charge is 0.225 e. The lowest BCUT2D eigenvalue weighted by Crippen LogP contribution is -2.41. The minimum Gasteiger partial charge on any atom is -0.356 e. The normalized spacial score (nSPS) is 16.8. The molecule has 1 aromatic heterocycles. The number of nitrogens with zero attached hydrogens (tertiary/aromatic N) is 2. The first-order valence-electron chi connectivity index (χ1n) is 8.96. The van der Waals surface area contributed by atoms with Crippen LogP contribution in [-0.4, -0.2) is 37.0 Å². The lowest BCUT2D eigenvalue weighted by atomic mass is 9.90. The second-order valence-electron chi connectivity index (χ2n) is 6.25. The predicted molar refractivity (Wildman–Crippen MR) is 107 cm³/mol. The molecule has 3 rings (SSSR count). The summed E-state index contributed by atoms with van der Waals surface area (Å²) >= 11 is 1.71. The van der Waals surface area contributed by atoms with Crippen molar-refractivity contribution in [3.05, 3.63) is 45.9 Å². The maximum absolute atomic E-state index is 11.9. The molecule has 6 nitrogen and oxygen atoms in total. The molecular weight excluding hydrogens is 346 g/mol. The monoisotopic (exact) mass is 371 g/mol. The number of carbonyl (C=O) groups is 1. The molecule has 1 unspecified atom stereocenters. The molecule has 2 heterocycles. The minimum absolute atomic E-state index is 0.0636. The zero-order valence-electron chi connectivity index (χ0n) is 15.2. The Hall–Kier alpha value is -2.41. The van der Waals surface area contributed by atoms with Crippen molar-refractivity contribution in [2.24, 2.45) is 4.99 Å². The highest BCUT2D eigenvalue weighted by Gasteiger charge is 2.24. The molecule has 3 N–H and O–H groups in total. The molecule has 2 aromatic rings. The molecule has 0 saturated heterocycles. The van der Waals surface area contributed by atoms with Crippen LogP contribution in [0.2, 0.25) is 0 Å². The number of fused-ring (bicyclic) bond motifs is 1. The topological polar surface area (TPSA) is 78.4 Å². The van der Waals surface area contributed by atoms with Crippen molar-refractivity contribution in [3.8, 4) is 0 Å². The van der Waals surface area contributed by atoms with Gasteiger partial charge in [-0.2, -0.15) is 0 Å². The summed E-state index contributed by atoms with van der Waals surface area (Å²) in [5.41, 5.74) is 3.20. The van der Waals surface area contributed by atoms with Crippen molar-refractivity contribution in [1.82, 2.24) is 15.6 Å². The standard InChI is InChI=1S/C19H25N5OS/c1-3-18-23-14(12-26-18)8-9-21-19(20-2)22-11-13-10-17(25)24-16-7-5-4-6-15(13)16/h4-7,12-13H,3,8-11H2,1-2H3,(H,24,25)(H2,20,21,22). The van der Waals surface area contributed by atoms with Crippen molar-refractivity contribution in [1.29, 1.82) is 0 Å². The summed E-state index contributed by atoms with van der Waals surface area (Å²) in [5, 5.41) is 12.9. The molecule has 0 bridgehead atoms. The summed E-state index contributed by atoms with van der Waals surface area (Å²) in [6.45, 7) is 3.56. The average molecular weight is 372 g/mol. The van der Waals surface area contributed by atoms with Gasteiger partial charge in [-0.3, -0.25) is 9.79 Å². The minimum atomic E-state index is 0.0636. The molecule has 0 spiro atoms. The molecule has 1 aromatic carbocycles. The Morgan fingerprint density at radius 3 is 3.00 bits per heavy atom. The number of benzene rings is 1. The third kappa shape index (κ3) is 4.60. The van der Waals surface area contributed by atoms with E-state index in [1.165, 1.54) is 10.6 Å². The fourth-order valence-corrected chi connectivity index (χ4v) is 3.84. The van der Waals surface area contributed by atoms with Crippen LogP contribution in [0.4, 0.5) is 5.69 Å². The Labute approximate surface area is 158 Å². The van der Waals surface area contributed by atoms with Crippen molar-refractivity contribution in [3.63, 3.8) is 0 Å². The van der Waals surface area contributed by atoms with Gasteiger partial charge >= 0.3 is 0 Å². The van der Waals surface area contributed by atoms with Gasteiger partial charge in [0.1, 0.15) is 0 Å². The molecule has 138 valence electrons. The van der Waals surface area contributed by atoms with E-state index in [0.717, 1.165) is 36.7 Å². The number of aryl methyl sites for hydroxylation is 1. The van der Waals surface area contributed by atoms with Crippen molar-refractivity contribution in [2.45, 2.75) is 32.1 Å². The zero-order valence-corrected chi connectivity index (χ0v) is 16.0. The van der Waals surface area contributed by atoms with E-state index in [2.05, 4.69) is 44.3 Å². The first-order valence-corrected chi connectivity index (χ1v) is 9.84. The fourth-order valence-electron chi connectivity index (χ4n) is 3.06. The van der Waals surface area contributed by atoms with E-state index in [9.17, 15) is 4.79 Å². The molecule has 0 fully saturated rings. The Kier molecular flexibility index (Phi) is 6.22. The van der Waals surface area contributed by atoms with Gasteiger partial charge in [0.15, 0.2) is 5.96 Å². The first-order chi connectivity index (χ1) is 12.7. The maximum Gasteiger partial charge on any atom is 0.225 e. The maximum atomic E-state index is 11.9. The number of rotatable bonds is 6. The van der Waals surface area contributed by atoms with Crippen LogP contribution in [0.25, 0.3) is 0 Å². The number of guanidine groups is 1. The van der Waals surface area contributed by atoms with Gasteiger partial charge < -0.3 is 16.0 Å². The van der Waals surface area contributed by atoms with Crippen molar-refractivity contribution >= 4 is 28.9 Å². The van der Waals surface area contributed by atoms with Gasteiger partial charge in [0.05, 0.1) is 10.7 Å². The van der Waals surface area contributed by atoms with E-state index in [1.54, 1.807) is 18.4 Å². The predicted octanol–water partition coefficient (Wildman–Crippen LogP) is 2.54. The third-order valence-corrected chi connectivity index (χ3v) is 5.46. The van der Waals surface area contributed by atoms with Crippen LogP contribution in [-0.2, 0) is 17.6 Å². The van der Waals surface area contributed by atoms with E-state index in [4.69, 9.17) is 0 Å². The number of hydrogen-bond acceptors (Lipinski definition) is 4. The molecule has 7 heteroatoms. The van der Waals surface area contributed by atoms with Crippen LogP contribution in [0.15, 0.2) is 34.6 Å². The van der Waals surface area contributed by atoms with Crippen LogP contribution in [0, 0.1) is 0 Å². The second kappa shape index (κ2) is 8.80. The third-order valence-electron chi connectivity index (χ3n) is 4.42. The average Bonchev–Trinajstić information content (AvgIpc) is 3.12. The van der Waals surface area contributed by atoms with Crippen LogP contribution >= 0.6 is 11.3 Å². The number of hydrogen-bond donors (Lipinski definition) is 3. The summed E-state index contributed by atoms with van der Waals surface area (Å²) < 4.78 is 0. The lowest BCUT2D eigenvalue weighted by Gasteiger charge is -2.26. The van der Waals surface area contributed by atoms with Crippen LogP contribution < -0.4 is 16.0 Å². The zero-order chi connectivity index (χ0) is 18.4. The van der Waals surface area contributed by atoms with E-state index in [1.807, 2.05) is 18.2 Å². The fraction of sp³-hybridized carbons (Fsp3) is 0.421. The highest BCUT2D eigenvalue weighted by Crippen LogP contribution is 2.31. The molecule has 1 atom stereocenters. The van der Waals surface area contributed by atoms with E-state index >= 15 is 0 Å². The van der Waals surface area contributed by atoms with Crippen molar-refractivity contribution in [2.75, 3.05) is 25.5 Å². The van der Waals surface area contributed by atoms with Gasteiger partial charge in [0, 0.05) is 50.0 Å². The van der Waals surface area contributed by atoms with Gasteiger partial charge in [-0.15, -0.1) is 11.3 Å². The number of amides is 1. The van der Waals surface area contributed by atoms with Gasteiger partial charge in [0.2, 0.25) is 5.91 Å². The largest absolute Gasteiger partial charge is 0.356 e. The first kappa shape index (κ1) is 18.4. The molecular formula is C19H25N5OS. The molecule has 1 aliphatic heterocycles. The molecule has 0 saturated carbocycles. The summed E-state index contributed by atoms with van der Waals surface area (Å²) in [7, 11) is 1.76. The molecule has 1 amide bonds. The number of aliphatic imine (C=N–C) groups is 1. The number of carbonyl (C=O) groups excluding carboxylic acids is 1. The molecule has 0 aliphatic carbocycles. The number of anilines is 1. The summed E-state index contributed by atoms with van der Waals surface area (Å²) in [6.07, 6.45) is 2.34. The van der Waals surface area contributed by atoms with Crippen molar-refractivity contribution < 1.29 is 4.79 Å². The second-order valence-corrected chi connectivity index (χ2v) is 7.20. The lowest BCUT2D eigenvalue weighted by molar-refractivity contribution is -0.116. The van der Waals surface area contributed by atoms with Crippen LogP contribution in [0.5, 0.6) is 0 Å². The quantitative estimate of drug-likeness (QED) is 0.539. The Balaban J connectivity index is 1.50. The van der Waals surface area contributed by atoms with Gasteiger partial charge in [-0.05, 0) is 18.1 Å².